The van der Waals surface area contributed by atoms with E-state index in [1.807, 2.05) is 0 Å². The van der Waals surface area contributed by atoms with Gasteiger partial charge in [0.2, 0.25) is 17.6 Å². The van der Waals surface area contributed by atoms with E-state index in [4.69, 9.17) is 0 Å². The van der Waals surface area contributed by atoms with Crippen molar-refractivity contribution >= 4 is 17.5 Å². The summed E-state index contributed by atoms with van der Waals surface area (Å²) in [5.74, 6) is -3.67. The van der Waals surface area contributed by atoms with Crippen LogP contribution in [0.3, 0.4) is 0 Å². The largest absolute Gasteiger partial charge is 0.345 e. The Morgan fingerprint density at radius 2 is 1.82 bits per heavy atom. The van der Waals surface area contributed by atoms with Crippen LogP contribution in [0.4, 0.5) is 18.9 Å². The second kappa shape index (κ2) is 8.29. The minimum absolute atomic E-state index is 0.0517. The number of benzene rings is 2. The third-order valence-corrected chi connectivity index (χ3v) is 3.47. The van der Waals surface area contributed by atoms with Crippen molar-refractivity contribution in [1.29, 1.82) is 0 Å². The summed E-state index contributed by atoms with van der Waals surface area (Å²) in [6.45, 7) is -0.718. The molecule has 2 aromatic carbocycles. The van der Waals surface area contributed by atoms with Gasteiger partial charge in [0.25, 0.3) is 0 Å². The van der Waals surface area contributed by atoms with E-state index in [0.29, 0.717) is 5.56 Å². The molecule has 0 saturated carbocycles. The first-order chi connectivity index (χ1) is 13.4. The van der Waals surface area contributed by atoms with Gasteiger partial charge in [-0.25, -0.2) is 13.2 Å². The Hall–Kier alpha value is -3.76. The number of anilines is 1. The number of carbonyl (C=O) groups is 2. The van der Waals surface area contributed by atoms with E-state index >= 15 is 0 Å². The van der Waals surface area contributed by atoms with Crippen LogP contribution in [-0.4, -0.2) is 38.6 Å². The van der Waals surface area contributed by atoms with Gasteiger partial charge in [-0.2, -0.15) is 4.80 Å². The molecule has 1 heterocycles. The molecule has 2 amide bonds. The van der Waals surface area contributed by atoms with Gasteiger partial charge in [-0.15, -0.1) is 10.2 Å². The molecule has 1 aromatic heterocycles. The Morgan fingerprint density at radius 3 is 2.57 bits per heavy atom. The van der Waals surface area contributed by atoms with E-state index < -0.39 is 35.8 Å². The normalized spacial score (nSPS) is 10.5. The van der Waals surface area contributed by atoms with E-state index in [9.17, 15) is 22.8 Å². The highest BCUT2D eigenvalue weighted by molar-refractivity contribution is 5.94. The first-order valence-corrected chi connectivity index (χ1v) is 7.96. The minimum atomic E-state index is -1.10. The number of nitrogens with zero attached hydrogens (tertiary/aromatic N) is 4. The average Bonchev–Trinajstić information content (AvgIpc) is 3.11. The molecule has 0 aliphatic rings. The molecule has 28 heavy (non-hydrogen) atoms. The highest BCUT2D eigenvalue weighted by Gasteiger charge is 2.12. The molecule has 2 N–H and O–H groups in total. The van der Waals surface area contributed by atoms with Crippen molar-refractivity contribution in [3.8, 4) is 11.4 Å². The summed E-state index contributed by atoms with van der Waals surface area (Å²) in [4.78, 5) is 24.6. The lowest BCUT2D eigenvalue weighted by molar-refractivity contribution is -0.124. The Balaban J connectivity index is 1.50. The maximum absolute atomic E-state index is 13.2. The molecule has 0 atom stereocenters. The van der Waals surface area contributed by atoms with E-state index in [1.54, 1.807) is 6.07 Å². The van der Waals surface area contributed by atoms with E-state index in [-0.39, 0.29) is 18.1 Å². The monoisotopic (exact) mass is 390 g/mol. The lowest BCUT2D eigenvalue weighted by Gasteiger charge is -2.07. The number of nitrogens with one attached hydrogen (secondary N) is 2. The summed E-state index contributed by atoms with van der Waals surface area (Å²) in [5.41, 5.74) is 0.452. The lowest BCUT2D eigenvalue weighted by Crippen LogP contribution is -2.35. The highest BCUT2D eigenvalue weighted by Crippen LogP contribution is 2.14. The predicted octanol–water partition coefficient (Wildman–Crippen LogP) is 1.51. The fourth-order valence-corrected chi connectivity index (χ4v) is 2.20. The van der Waals surface area contributed by atoms with Gasteiger partial charge in [-0.3, -0.25) is 9.59 Å². The summed E-state index contributed by atoms with van der Waals surface area (Å²) in [7, 11) is 0. The molecule has 0 saturated heterocycles. The van der Waals surface area contributed by atoms with Crippen LogP contribution in [0.15, 0.2) is 42.5 Å². The molecule has 3 aromatic rings. The molecule has 0 unspecified atom stereocenters. The Bertz CT molecular complexity index is 1020. The second-order valence-electron chi connectivity index (χ2n) is 5.61. The number of halogens is 3. The topological polar surface area (TPSA) is 102 Å². The fourth-order valence-electron chi connectivity index (χ4n) is 2.20. The SMILES string of the molecule is O=C(Cn1nnc(-c2cccc(F)c2)n1)NCC(=O)Nc1ccc(F)c(F)c1. The number of hydrogen-bond donors (Lipinski definition) is 2. The van der Waals surface area contributed by atoms with Gasteiger partial charge in [-0.05, 0) is 29.5 Å². The summed E-state index contributed by atoms with van der Waals surface area (Å²) in [6, 6.07) is 8.46. The van der Waals surface area contributed by atoms with Gasteiger partial charge in [0.15, 0.2) is 11.6 Å². The zero-order chi connectivity index (χ0) is 20.1. The van der Waals surface area contributed by atoms with Crippen molar-refractivity contribution in [2.75, 3.05) is 11.9 Å². The molecule has 0 spiro atoms. The average molecular weight is 390 g/mol. The van der Waals surface area contributed by atoms with Crippen molar-refractivity contribution in [1.82, 2.24) is 25.5 Å². The number of amides is 2. The van der Waals surface area contributed by atoms with Crippen LogP contribution < -0.4 is 10.6 Å². The predicted molar refractivity (Wildman–Crippen MR) is 91.2 cm³/mol. The van der Waals surface area contributed by atoms with Gasteiger partial charge in [0, 0.05) is 17.3 Å². The molecular formula is C17H13F3N6O2. The summed E-state index contributed by atoms with van der Waals surface area (Å²) < 4.78 is 39.2. The summed E-state index contributed by atoms with van der Waals surface area (Å²) in [6.07, 6.45) is 0. The number of tetrazole rings is 1. The van der Waals surface area contributed by atoms with Crippen LogP contribution in [0.5, 0.6) is 0 Å². The number of hydrogen-bond acceptors (Lipinski definition) is 5. The van der Waals surface area contributed by atoms with Gasteiger partial charge < -0.3 is 10.6 Å². The molecule has 3 rings (SSSR count). The smallest absolute Gasteiger partial charge is 0.244 e. The van der Waals surface area contributed by atoms with Crippen LogP contribution in [0, 0.1) is 17.5 Å². The van der Waals surface area contributed by atoms with Gasteiger partial charge in [-0.1, -0.05) is 12.1 Å². The van der Waals surface area contributed by atoms with Crippen molar-refractivity contribution in [2.24, 2.45) is 0 Å². The van der Waals surface area contributed by atoms with Crippen LogP contribution in [0.2, 0.25) is 0 Å². The lowest BCUT2D eigenvalue weighted by atomic mass is 10.2. The minimum Gasteiger partial charge on any atom is -0.345 e. The molecule has 0 radical (unpaired) electrons. The quantitative estimate of drug-likeness (QED) is 0.664. The molecular weight excluding hydrogens is 377 g/mol. The zero-order valence-electron chi connectivity index (χ0n) is 14.2. The second-order valence-corrected chi connectivity index (χ2v) is 5.61. The van der Waals surface area contributed by atoms with E-state index in [1.165, 1.54) is 24.3 Å². The standard InChI is InChI=1S/C17H13F3N6O2/c18-11-3-1-2-10(6-11)17-23-25-26(24-17)9-16(28)21-8-15(27)22-12-4-5-13(19)14(20)7-12/h1-7H,8-9H2,(H,21,28)(H,22,27). The van der Waals surface area contributed by atoms with Gasteiger partial charge >= 0.3 is 0 Å². The van der Waals surface area contributed by atoms with Gasteiger partial charge in [0.05, 0.1) is 6.54 Å². The molecule has 11 heteroatoms. The molecule has 0 aliphatic heterocycles. The van der Waals surface area contributed by atoms with E-state index in [2.05, 4.69) is 26.0 Å². The molecule has 0 fully saturated rings. The third kappa shape index (κ3) is 4.90. The Morgan fingerprint density at radius 1 is 1.00 bits per heavy atom. The fraction of sp³-hybridized carbons (Fsp3) is 0.118. The van der Waals surface area contributed by atoms with Crippen LogP contribution in [0.1, 0.15) is 0 Å². The molecule has 144 valence electrons. The highest BCUT2D eigenvalue weighted by atomic mass is 19.2. The van der Waals surface area contributed by atoms with Crippen LogP contribution in [0.25, 0.3) is 11.4 Å². The molecule has 0 aliphatic carbocycles. The first kappa shape index (κ1) is 19.0. The third-order valence-electron chi connectivity index (χ3n) is 3.47. The van der Waals surface area contributed by atoms with Crippen molar-refractivity contribution < 1.29 is 22.8 Å². The van der Waals surface area contributed by atoms with Crippen LogP contribution >= 0.6 is 0 Å². The Labute approximate surface area is 156 Å². The van der Waals surface area contributed by atoms with Gasteiger partial charge in [0.1, 0.15) is 12.4 Å². The van der Waals surface area contributed by atoms with Crippen molar-refractivity contribution in [3.63, 3.8) is 0 Å². The van der Waals surface area contributed by atoms with Crippen molar-refractivity contribution in [3.05, 3.63) is 59.9 Å². The van der Waals surface area contributed by atoms with Crippen LogP contribution in [-0.2, 0) is 16.1 Å². The van der Waals surface area contributed by atoms with Crippen molar-refractivity contribution in [2.45, 2.75) is 6.54 Å². The number of aromatic nitrogens is 4. The number of rotatable bonds is 6. The number of carbonyl (C=O) groups excluding carboxylic acids is 2. The summed E-state index contributed by atoms with van der Waals surface area (Å²) >= 11 is 0. The zero-order valence-corrected chi connectivity index (χ0v) is 14.2. The van der Waals surface area contributed by atoms with E-state index in [0.717, 1.165) is 16.9 Å². The maximum Gasteiger partial charge on any atom is 0.244 e. The Kier molecular flexibility index (Phi) is 5.63. The first-order valence-electron chi connectivity index (χ1n) is 7.96. The maximum atomic E-state index is 13.2. The summed E-state index contributed by atoms with van der Waals surface area (Å²) in [5, 5.41) is 16.0. The molecule has 8 nitrogen and oxygen atoms in total. The molecule has 0 bridgehead atoms.